The first-order valence-electron chi connectivity index (χ1n) is 7.91. The molecule has 2 atom stereocenters. The molecule has 0 spiro atoms. The number of rotatable bonds is 7. The van der Waals surface area contributed by atoms with Crippen LogP contribution < -0.4 is 15.5 Å². The molecule has 3 N–H and O–H groups in total. The van der Waals surface area contributed by atoms with Crippen LogP contribution in [0.1, 0.15) is 19.8 Å². The van der Waals surface area contributed by atoms with Gasteiger partial charge in [-0.2, -0.15) is 5.26 Å². The highest BCUT2D eigenvalue weighted by Crippen LogP contribution is 2.39. The number of halogens is 1. The molecule has 0 aromatic heterocycles. The number of hydrogen-bond acceptors (Lipinski definition) is 3. The fourth-order valence-corrected chi connectivity index (χ4v) is 2.56. The Balaban J connectivity index is 1.78. The van der Waals surface area contributed by atoms with Crippen molar-refractivity contribution < 1.29 is 18.9 Å². The van der Waals surface area contributed by atoms with Crippen LogP contribution in [0.2, 0.25) is 0 Å². The number of nitriles is 1. The lowest BCUT2D eigenvalue weighted by Gasteiger charge is -2.23. The zero-order valence-electron chi connectivity index (χ0n) is 13.9. The van der Waals surface area contributed by atoms with Crippen molar-refractivity contribution in [2.75, 3.05) is 25.5 Å². The number of quaternary nitrogens is 1. The molecule has 0 aliphatic heterocycles. The number of nitrogens with one attached hydrogen (secondary N) is 3. The molecule has 1 unspecified atom stereocenters. The van der Waals surface area contributed by atoms with Gasteiger partial charge >= 0.3 is 0 Å². The maximum absolute atomic E-state index is 12.8. The Hall–Kier alpha value is -2.46. The summed E-state index contributed by atoms with van der Waals surface area (Å²) < 4.78 is 12.8. The Bertz CT molecular complexity index is 652. The van der Waals surface area contributed by atoms with E-state index in [1.165, 1.54) is 24.3 Å². The smallest absolute Gasteiger partial charge is 0.279 e. The molecule has 1 aromatic rings. The lowest BCUT2D eigenvalue weighted by atomic mass is 9.98. The summed E-state index contributed by atoms with van der Waals surface area (Å²) in [5.74, 6) is -0.674. The predicted octanol–water partition coefficient (Wildman–Crippen LogP) is 0.0874. The minimum absolute atomic E-state index is 0.0947. The first-order valence-corrected chi connectivity index (χ1v) is 7.91. The van der Waals surface area contributed by atoms with Gasteiger partial charge in [0.25, 0.3) is 11.8 Å². The normalized spacial score (nSPS) is 17.2. The third-order valence-electron chi connectivity index (χ3n) is 4.08. The van der Waals surface area contributed by atoms with Gasteiger partial charge in [0.15, 0.2) is 13.1 Å². The highest BCUT2D eigenvalue weighted by molar-refractivity contribution is 5.91. The van der Waals surface area contributed by atoms with Gasteiger partial charge in [-0.3, -0.25) is 9.59 Å². The van der Waals surface area contributed by atoms with Gasteiger partial charge in [-0.15, -0.1) is 0 Å². The van der Waals surface area contributed by atoms with Crippen LogP contribution in [0.3, 0.4) is 0 Å². The molecule has 0 saturated heterocycles. The third kappa shape index (κ3) is 5.03. The van der Waals surface area contributed by atoms with Crippen LogP contribution in [0.25, 0.3) is 0 Å². The largest absolute Gasteiger partial charge is 0.333 e. The number of anilines is 1. The van der Waals surface area contributed by atoms with Crippen molar-refractivity contribution in [3.05, 3.63) is 30.1 Å². The second-order valence-corrected chi connectivity index (χ2v) is 6.50. The summed E-state index contributed by atoms with van der Waals surface area (Å²) in [7, 11) is 1.73. The fraction of sp³-hybridized carbons (Fsp3) is 0.471. The van der Waals surface area contributed by atoms with Crippen molar-refractivity contribution in [2.45, 2.75) is 25.3 Å². The lowest BCUT2D eigenvalue weighted by molar-refractivity contribution is -0.862. The van der Waals surface area contributed by atoms with Crippen molar-refractivity contribution in [1.29, 1.82) is 5.26 Å². The van der Waals surface area contributed by atoms with Gasteiger partial charge in [-0.1, -0.05) is 0 Å². The number of amides is 2. The molecule has 128 valence electrons. The first kappa shape index (κ1) is 17.9. The van der Waals surface area contributed by atoms with E-state index in [0.29, 0.717) is 10.6 Å². The summed E-state index contributed by atoms with van der Waals surface area (Å²) in [5, 5.41) is 14.7. The van der Waals surface area contributed by atoms with E-state index in [4.69, 9.17) is 0 Å². The fourth-order valence-electron chi connectivity index (χ4n) is 2.56. The highest BCUT2D eigenvalue weighted by atomic mass is 19.1. The van der Waals surface area contributed by atoms with Crippen molar-refractivity contribution in [3.63, 3.8) is 0 Å². The van der Waals surface area contributed by atoms with E-state index < -0.39 is 5.54 Å². The van der Waals surface area contributed by atoms with E-state index in [2.05, 4.69) is 16.7 Å². The van der Waals surface area contributed by atoms with Gasteiger partial charge in [0, 0.05) is 5.69 Å². The van der Waals surface area contributed by atoms with E-state index in [1.54, 1.807) is 14.0 Å². The van der Waals surface area contributed by atoms with Gasteiger partial charge < -0.3 is 15.5 Å². The van der Waals surface area contributed by atoms with Crippen molar-refractivity contribution in [1.82, 2.24) is 5.32 Å². The summed E-state index contributed by atoms with van der Waals surface area (Å²) >= 11 is 0. The molecule has 7 heteroatoms. The van der Waals surface area contributed by atoms with Crippen LogP contribution in [0.4, 0.5) is 10.1 Å². The Labute approximate surface area is 140 Å². The average Bonchev–Trinajstić information content (AvgIpc) is 3.34. The third-order valence-corrected chi connectivity index (χ3v) is 4.08. The Morgan fingerprint density at radius 1 is 1.29 bits per heavy atom. The van der Waals surface area contributed by atoms with Gasteiger partial charge in [-0.25, -0.2) is 4.39 Å². The van der Waals surface area contributed by atoms with E-state index in [-0.39, 0.29) is 36.6 Å². The van der Waals surface area contributed by atoms with Crippen LogP contribution in [0.5, 0.6) is 0 Å². The topological polar surface area (TPSA) is 86.4 Å². The maximum atomic E-state index is 12.8. The number of hydrogen-bond donors (Lipinski definition) is 3. The molecule has 1 aliphatic rings. The van der Waals surface area contributed by atoms with E-state index in [0.717, 1.165) is 12.8 Å². The molecule has 2 amide bonds. The predicted molar refractivity (Wildman–Crippen MR) is 86.5 cm³/mol. The van der Waals surface area contributed by atoms with E-state index >= 15 is 0 Å². The van der Waals surface area contributed by atoms with Gasteiger partial charge in [0.2, 0.25) is 0 Å². The average molecular weight is 333 g/mol. The number of likely N-dealkylation sites (N-methyl/N-ethyl adjacent to an activating group) is 1. The molecule has 6 nitrogen and oxygen atoms in total. The zero-order chi connectivity index (χ0) is 17.7. The van der Waals surface area contributed by atoms with Gasteiger partial charge in [-0.05, 0) is 49.9 Å². The Morgan fingerprint density at radius 2 is 1.88 bits per heavy atom. The SMILES string of the molecule is C[NH+](CC(=O)Nc1ccc(F)cc1)CC(=O)N[C@@](C)(C#N)C1CC1. The molecular formula is C17H22FN4O2+. The van der Waals surface area contributed by atoms with Crippen molar-refractivity contribution in [2.24, 2.45) is 5.92 Å². The van der Waals surface area contributed by atoms with Crippen LogP contribution >= 0.6 is 0 Å². The van der Waals surface area contributed by atoms with Crippen LogP contribution in [0, 0.1) is 23.1 Å². The minimum Gasteiger partial charge on any atom is -0.333 e. The van der Waals surface area contributed by atoms with E-state index in [1.807, 2.05) is 0 Å². The summed E-state index contributed by atoms with van der Waals surface area (Å²) in [6, 6.07) is 7.65. The molecule has 1 aliphatic carbocycles. The molecule has 1 fully saturated rings. The molecule has 1 saturated carbocycles. The molecule has 0 heterocycles. The van der Waals surface area contributed by atoms with Crippen molar-refractivity contribution >= 4 is 17.5 Å². The van der Waals surface area contributed by atoms with Gasteiger partial charge in [0.05, 0.1) is 13.1 Å². The quantitative estimate of drug-likeness (QED) is 0.661. The zero-order valence-corrected chi connectivity index (χ0v) is 13.9. The highest BCUT2D eigenvalue weighted by Gasteiger charge is 2.43. The minimum atomic E-state index is -0.826. The molecular weight excluding hydrogens is 311 g/mol. The second-order valence-electron chi connectivity index (χ2n) is 6.50. The molecule has 0 radical (unpaired) electrons. The second kappa shape index (κ2) is 7.41. The van der Waals surface area contributed by atoms with Crippen LogP contribution in [-0.2, 0) is 9.59 Å². The van der Waals surface area contributed by atoms with Crippen LogP contribution in [0.15, 0.2) is 24.3 Å². The van der Waals surface area contributed by atoms with E-state index in [9.17, 15) is 19.2 Å². The molecule has 2 rings (SSSR count). The standard InChI is InChI=1S/C17H21FN4O2/c1-17(11-19,12-3-4-12)21-16(24)10-22(2)9-15(23)20-14-7-5-13(18)6-8-14/h5-8,12H,3-4,9-10H2,1-2H3,(H,20,23)(H,21,24)/p+1/t17-/m0/s1. The number of carbonyl (C=O) groups excluding carboxylic acids is 2. The van der Waals surface area contributed by atoms with Crippen LogP contribution in [-0.4, -0.2) is 37.5 Å². The molecule has 0 bridgehead atoms. The molecule has 24 heavy (non-hydrogen) atoms. The summed E-state index contributed by atoms with van der Waals surface area (Å²) in [6.45, 7) is 1.93. The maximum Gasteiger partial charge on any atom is 0.279 e. The monoisotopic (exact) mass is 333 g/mol. The van der Waals surface area contributed by atoms with Gasteiger partial charge in [0.1, 0.15) is 11.4 Å². The molecule has 1 aromatic carbocycles. The first-order chi connectivity index (χ1) is 11.3. The number of carbonyl (C=O) groups is 2. The number of benzene rings is 1. The lowest BCUT2D eigenvalue weighted by Crippen LogP contribution is -3.11. The summed E-state index contributed by atoms with van der Waals surface area (Å²) in [4.78, 5) is 24.7. The summed E-state index contributed by atoms with van der Waals surface area (Å²) in [5.41, 5.74) is -0.322. The van der Waals surface area contributed by atoms with Crippen molar-refractivity contribution in [3.8, 4) is 6.07 Å². The Morgan fingerprint density at radius 3 is 2.42 bits per heavy atom. The number of nitrogens with zero attached hydrogens (tertiary/aromatic N) is 1. The summed E-state index contributed by atoms with van der Waals surface area (Å²) in [6.07, 6.45) is 1.90. The Kier molecular flexibility index (Phi) is 5.52.